The molecule has 0 atom stereocenters. The molecule has 4 nitrogen and oxygen atoms in total. The van der Waals surface area contributed by atoms with Crippen LogP contribution < -0.4 is 4.90 Å². The first-order chi connectivity index (χ1) is 6.83. The van der Waals surface area contributed by atoms with Gasteiger partial charge in [-0.2, -0.15) is 0 Å². The van der Waals surface area contributed by atoms with Crippen LogP contribution in [0.25, 0.3) is 0 Å². The zero-order chi connectivity index (χ0) is 9.97. The van der Waals surface area contributed by atoms with Crippen molar-refractivity contribution in [1.29, 1.82) is 0 Å². The Balaban J connectivity index is 2.20. The van der Waals surface area contributed by atoms with Crippen molar-refractivity contribution in [3.8, 4) is 0 Å². The molecule has 2 rings (SSSR count). The van der Waals surface area contributed by atoms with E-state index in [0.717, 1.165) is 11.4 Å². The third-order valence-corrected chi connectivity index (χ3v) is 2.89. The fraction of sp³-hybridized carbons (Fsp3) is 0.600. The molecule has 1 saturated carbocycles. The number of aliphatic hydroxyl groups excluding tert-OH is 1. The largest absolute Gasteiger partial charge is 0.391 e. The summed E-state index contributed by atoms with van der Waals surface area (Å²) in [6, 6.07) is 0.593. The highest BCUT2D eigenvalue weighted by Crippen LogP contribution is 2.28. The van der Waals surface area contributed by atoms with Gasteiger partial charge >= 0.3 is 0 Å². The molecular formula is C10H15N3O. The number of aliphatic hydroxyl groups is 1. The second-order valence-corrected chi connectivity index (χ2v) is 3.73. The van der Waals surface area contributed by atoms with Crippen LogP contribution in [0.2, 0.25) is 0 Å². The summed E-state index contributed by atoms with van der Waals surface area (Å²) in [4.78, 5) is 10.3. The molecule has 0 radical (unpaired) electrons. The van der Waals surface area contributed by atoms with Crippen LogP contribution in [-0.2, 0) is 6.61 Å². The molecule has 0 saturated heterocycles. The van der Waals surface area contributed by atoms with Crippen LogP contribution in [0.4, 0.5) is 5.82 Å². The summed E-state index contributed by atoms with van der Waals surface area (Å²) in [5.74, 6) is 0.868. The maximum Gasteiger partial charge on any atom is 0.137 e. The predicted molar refractivity (Wildman–Crippen MR) is 54.0 cm³/mol. The summed E-state index contributed by atoms with van der Waals surface area (Å²) >= 11 is 0. The molecule has 1 N–H and O–H groups in total. The molecule has 1 aliphatic rings. The third kappa shape index (κ3) is 1.57. The van der Waals surface area contributed by atoms with Gasteiger partial charge in [0.05, 0.1) is 6.61 Å². The van der Waals surface area contributed by atoms with Gasteiger partial charge < -0.3 is 10.0 Å². The Morgan fingerprint density at radius 1 is 1.57 bits per heavy atom. The van der Waals surface area contributed by atoms with Crippen molar-refractivity contribution in [3.63, 3.8) is 0 Å². The molecule has 1 aromatic rings. The highest BCUT2D eigenvalue weighted by atomic mass is 16.3. The minimum Gasteiger partial charge on any atom is -0.391 e. The van der Waals surface area contributed by atoms with Crippen molar-refractivity contribution in [2.75, 3.05) is 11.9 Å². The zero-order valence-electron chi connectivity index (χ0n) is 8.35. The lowest BCUT2D eigenvalue weighted by molar-refractivity contribution is 0.280. The summed E-state index contributed by atoms with van der Waals surface area (Å²) < 4.78 is 0. The number of anilines is 1. The van der Waals surface area contributed by atoms with Gasteiger partial charge in [0.2, 0.25) is 0 Å². The minimum atomic E-state index is 0.00718. The average Bonchev–Trinajstić information content (AvgIpc) is 2.15. The molecular weight excluding hydrogens is 178 g/mol. The SMILES string of the molecule is CN(c1ncncc1CO)C1CCC1. The van der Waals surface area contributed by atoms with E-state index < -0.39 is 0 Å². The van der Waals surface area contributed by atoms with E-state index in [4.69, 9.17) is 5.11 Å². The molecule has 0 unspecified atom stereocenters. The van der Waals surface area contributed by atoms with Crippen LogP contribution in [-0.4, -0.2) is 28.2 Å². The molecule has 0 aromatic carbocycles. The molecule has 0 aliphatic heterocycles. The highest BCUT2D eigenvalue weighted by Gasteiger charge is 2.24. The number of rotatable bonds is 3. The Morgan fingerprint density at radius 2 is 2.36 bits per heavy atom. The van der Waals surface area contributed by atoms with E-state index in [2.05, 4.69) is 14.9 Å². The fourth-order valence-corrected chi connectivity index (χ4v) is 1.73. The van der Waals surface area contributed by atoms with Gasteiger partial charge in [0, 0.05) is 24.8 Å². The van der Waals surface area contributed by atoms with Crippen LogP contribution in [0.1, 0.15) is 24.8 Å². The summed E-state index contributed by atoms with van der Waals surface area (Å²) in [7, 11) is 2.03. The Morgan fingerprint density at radius 3 is 2.93 bits per heavy atom. The number of aromatic nitrogens is 2. The fourth-order valence-electron chi connectivity index (χ4n) is 1.73. The van der Waals surface area contributed by atoms with Crippen molar-refractivity contribution in [1.82, 2.24) is 9.97 Å². The monoisotopic (exact) mass is 193 g/mol. The number of nitrogens with zero attached hydrogens (tertiary/aromatic N) is 3. The molecule has 1 aliphatic carbocycles. The van der Waals surface area contributed by atoms with Gasteiger partial charge in [0.15, 0.2) is 0 Å². The molecule has 1 aromatic heterocycles. The number of hydrogen-bond acceptors (Lipinski definition) is 4. The predicted octanol–water partition coefficient (Wildman–Crippen LogP) is 0.958. The molecule has 14 heavy (non-hydrogen) atoms. The molecule has 0 spiro atoms. The van der Waals surface area contributed by atoms with Crippen molar-refractivity contribution in [3.05, 3.63) is 18.1 Å². The normalized spacial score (nSPS) is 16.4. The first-order valence-corrected chi connectivity index (χ1v) is 4.95. The first kappa shape index (κ1) is 9.40. The van der Waals surface area contributed by atoms with Gasteiger partial charge in [-0.05, 0) is 19.3 Å². The van der Waals surface area contributed by atoms with Crippen LogP contribution in [0.5, 0.6) is 0 Å². The molecule has 1 heterocycles. The van der Waals surface area contributed by atoms with Gasteiger partial charge in [0.25, 0.3) is 0 Å². The van der Waals surface area contributed by atoms with Crippen molar-refractivity contribution in [2.24, 2.45) is 0 Å². The van der Waals surface area contributed by atoms with E-state index in [-0.39, 0.29) is 6.61 Å². The lowest BCUT2D eigenvalue weighted by Gasteiger charge is -2.36. The van der Waals surface area contributed by atoms with Crippen LogP contribution in [0.3, 0.4) is 0 Å². The lowest BCUT2D eigenvalue weighted by atomic mass is 9.92. The van der Waals surface area contributed by atoms with E-state index in [9.17, 15) is 0 Å². The molecule has 0 amide bonds. The second-order valence-electron chi connectivity index (χ2n) is 3.73. The van der Waals surface area contributed by atoms with Gasteiger partial charge in [-0.25, -0.2) is 9.97 Å². The van der Waals surface area contributed by atoms with Crippen molar-refractivity contribution >= 4 is 5.82 Å². The van der Waals surface area contributed by atoms with Crippen molar-refractivity contribution in [2.45, 2.75) is 31.9 Å². The topological polar surface area (TPSA) is 49.2 Å². The highest BCUT2D eigenvalue weighted by molar-refractivity contribution is 5.45. The number of hydrogen-bond donors (Lipinski definition) is 1. The molecule has 4 heteroatoms. The van der Waals surface area contributed by atoms with Crippen LogP contribution in [0.15, 0.2) is 12.5 Å². The van der Waals surface area contributed by atoms with Crippen LogP contribution in [0, 0.1) is 0 Å². The van der Waals surface area contributed by atoms with Gasteiger partial charge in [-0.15, -0.1) is 0 Å². The Hall–Kier alpha value is -1.16. The summed E-state index contributed by atoms with van der Waals surface area (Å²) in [6.45, 7) is 0.00718. The molecule has 1 fully saturated rings. The van der Waals surface area contributed by atoms with Crippen molar-refractivity contribution < 1.29 is 5.11 Å². The Kier molecular flexibility index (Phi) is 2.63. The van der Waals surface area contributed by atoms with E-state index in [1.165, 1.54) is 25.6 Å². The third-order valence-electron chi connectivity index (χ3n) is 2.89. The average molecular weight is 193 g/mol. The molecule has 76 valence electrons. The quantitative estimate of drug-likeness (QED) is 0.776. The van der Waals surface area contributed by atoms with E-state index in [0.29, 0.717) is 6.04 Å². The van der Waals surface area contributed by atoms with Crippen LogP contribution >= 0.6 is 0 Å². The van der Waals surface area contributed by atoms with Gasteiger partial charge in [0.1, 0.15) is 12.1 Å². The van der Waals surface area contributed by atoms with Gasteiger partial charge in [-0.1, -0.05) is 0 Å². The standard InChI is InChI=1S/C10H15N3O/c1-13(9-3-2-4-9)10-8(6-14)5-11-7-12-10/h5,7,9,14H,2-4,6H2,1H3. The minimum absolute atomic E-state index is 0.00718. The van der Waals surface area contributed by atoms with Gasteiger partial charge in [-0.3, -0.25) is 0 Å². The Bertz CT molecular complexity index is 312. The summed E-state index contributed by atoms with van der Waals surface area (Å²) in [6.07, 6.45) is 6.96. The Labute approximate surface area is 83.6 Å². The summed E-state index contributed by atoms with van der Waals surface area (Å²) in [5, 5.41) is 9.13. The van der Waals surface area contributed by atoms with E-state index in [1.807, 2.05) is 7.05 Å². The smallest absolute Gasteiger partial charge is 0.137 e. The zero-order valence-corrected chi connectivity index (χ0v) is 8.35. The molecule has 0 bridgehead atoms. The lowest BCUT2D eigenvalue weighted by Crippen LogP contribution is -2.38. The maximum absolute atomic E-state index is 9.13. The van der Waals surface area contributed by atoms with E-state index >= 15 is 0 Å². The second kappa shape index (κ2) is 3.92. The summed E-state index contributed by atoms with van der Waals surface area (Å²) in [5.41, 5.74) is 0.807. The van der Waals surface area contributed by atoms with E-state index in [1.54, 1.807) is 6.20 Å². The first-order valence-electron chi connectivity index (χ1n) is 4.95. The maximum atomic E-state index is 9.13.